The van der Waals surface area contributed by atoms with Gasteiger partial charge in [0.15, 0.2) is 0 Å². The van der Waals surface area contributed by atoms with Gasteiger partial charge in [0.05, 0.1) is 4.90 Å². The van der Waals surface area contributed by atoms with Crippen molar-refractivity contribution in [2.45, 2.75) is 24.9 Å². The summed E-state index contributed by atoms with van der Waals surface area (Å²) in [6.45, 7) is 2.52. The Morgan fingerprint density at radius 1 is 1.14 bits per heavy atom. The van der Waals surface area contributed by atoms with Crippen molar-refractivity contribution >= 4 is 27.3 Å². The Balaban J connectivity index is 2.00. The Hall–Kier alpha value is -1.56. The highest BCUT2D eigenvalue weighted by atomic mass is 35.5. The van der Waals surface area contributed by atoms with Crippen molar-refractivity contribution < 1.29 is 8.42 Å². The van der Waals surface area contributed by atoms with Crippen LogP contribution in [0.4, 0.5) is 5.69 Å². The summed E-state index contributed by atoms with van der Waals surface area (Å²) in [5.74, 6) is 0. The fourth-order valence-electron chi connectivity index (χ4n) is 2.44. The fraction of sp³-hybridized carbons (Fsp3) is 0.200. The molecule has 0 saturated heterocycles. The first-order valence-corrected chi connectivity index (χ1v) is 8.34. The highest BCUT2D eigenvalue weighted by Crippen LogP contribution is 2.32. The van der Waals surface area contributed by atoms with Crippen molar-refractivity contribution in [3.63, 3.8) is 0 Å². The Kier molecular flexibility index (Phi) is 3.43. The normalized spacial score (nSPS) is 15.1. The van der Waals surface area contributed by atoms with Gasteiger partial charge in [-0.25, -0.2) is 8.42 Å². The number of hydrogen-bond donors (Lipinski definition) is 1. The largest absolute Gasteiger partial charge is 0.398 e. The summed E-state index contributed by atoms with van der Waals surface area (Å²) in [5.41, 5.74) is 8.98. The molecular weight excluding hydrogens is 308 g/mol. The van der Waals surface area contributed by atoms with Crippen molar-refractivity contribution in [2.24, 2.45) is 0 Å². The van der Waals surface area contributed by atoms with Crippen LogP contribution in [0.1, 0.15) is 16.7 Å². The lowest BCUT2D eigenvalue weighted by atomic mass is 10.1. The number of fused-ring (bicyclic) bond motifs is 1. The molecule has 1 aliphatic rings. The molecule has 0 saturated carbocycles. The van der Waals surface area contributed by atoms with E-state index in [1.807, 2.05) is 24.3 Å². The van der Waals surface area contributed by atoms with Gasteiger partial charge in [-0.3, -0.25) is 0 Å². The maximum atomic E-state index is 12.7. The van der Waals surface area contributed by atoms with E-state index in [1.165, 1.54) is 16.4 Å². The average Bonchev–Trinajstić information content (AvgIpc) is 2.88. The molecule has 0 atom stereocenters. The van der Waals surface area contributed by atoms with Crippen molar-refractivity contribution in [3.8, 4) is 0 Å². The third-order valence-corrected chi connectivity index (χ3v) is 5.97. The van der Waals surface area contributed by atoms with Crippen molar-refractivity contribution in [1.29, 1.82) is 0 Å². The predicted molar refractivity (Wildman–Crippen MR) is 83.5 cm³/mol. The molecule has 2 aromatic rings. The lowest BCUT2D eigenvalue weighted by Gasteiger charge is -2.17. The standard InChI is InChI=1S/C15H15ClN2O2S/c1-10-14(16)6-13(7-15(10)17)21(19,20)18-8-11-4-2-3-5-12(11)9-18/h2-7H,8-9,17H2,1H3. The molecule has 2 N–H and O–H groups in total. The van der Waals surface area contributed by atoms with E-state index in [4.69, 9.17) is 17.3 Å². The molecule has 6 heteroatoms. The van der Waals surface area contributed by atoms with E-state index in [2.05, 4.69) is 0 Å². The topological polar surface area (TPSA) is 63.4 Å². The highest BCUT2D eigenvalue weighted by molar-refractivity contribution is 7.89. The second-order valence-electron chi connectivity index (χ2n) is 5.16. The summed E-state index contributed by atoms with van der Waals surface area (Å²) in [4.78, 5) is 0.142. The molecule has 2 aromatic carbocycles. The lowest BCUT2D eigenvalue weighted by Crippen LogP contribution is -2.25. The Morgan fingerprint density at radius 2 is 1.71 bits per heavy atom. The summed E-state index contributed by atoms with van der Waals surface area (Å²) in [6, 6.07) is 10.7. The summed E-state index contributed by atoms with van der Waals surface area (Å²) in [7, 11) is -3.60. The van der Waals surface area contributed by atoms with Gasteiger partial charge in [-0.1, -0.05) is 35.9 Å². The third-order valence-electron chi connectivity index (χ3n) is 3.81. The van der Waals surface area contributed by atoms with E-state index >= 15 is 0 Å². The zero-order chi connectivity index (χ0) is 15.2. The molecule has 1 aliphatic heterocycles. The number of rotatable bonds is 2. The second kappa shape index (κ2) is 5.02. The van der Waals surface area contributed by atoms with E-state index < -0.39 is 10.0 Å². The minimum Gasteiger partial charge on any atom is -0.398 e. The van der Waals surface area contributed by atoms with Gasteiger partial charge in [0.1, 0.15) is 0 Å². The maximum Gasteiger partial charge on any atom is 0.243 e. The van der Waals surface area contributed by atoms with E-state index in [9.17, 15) is 8.42 Å². The molecule has 0 aromatic heterocycles. The zero-order valence-electron chi connectivity index (χ0n) is 11.5. The summed E-state index contributed by atoms with van der Waals surface area (Å²) >= 11 is 6.06. The van der Waals surface area contributed by atoms with Crippen molar-refractivity contribution in [2.75, 3.05) is 5.73 Å². The van der Waals surface area contributed by atoms with E-state index in [0.717, 1.165) is 11.1 Å². The van der Waals surface area contributed by atoms with Crippen LogP contribution in [-0.4, -0.2) is 12.7 Å². The Morgan fingerprint density at radius 3 is 2.24 bits per heavy atom. The first-order chi connectivity index (χ1) is 9.89. The van der Waals surface area contributed by atoms with Gasteiger partial charge < -0.3 is 5.73 Å². The van der Waals surface area contributed by atoms with Crippen LogP contribution in [0.15, 0.2) is 41.3 Å². The van der Waals surface area contributed by atoms with Gasteiger partial charge in [0.25, 0.3) is 0 Å². The summed E-state index contributed by atoms with van der Waals surface area (Å²) < 4.78 is 26.9. The van der Waals surface area contributed by atoms with E-state index in [0.29, 0.717) is 29.4 Å². The monoisotopic (exact) mass is 322 g/mol. The molecule has 0 amide bonds. The molecule has 0 unspecified atom stereocenters. The molecular formula is C15H15ClN2O2S. The number of halogens is 1. The molecule has 0 bridgehead atoms. The van der Waals surface area contributed by atoms with Gasteiger partial charge in [0.2, 0.25) is 10.0 Å². The van der Waals surface area contributed by atoms with Gasteiger partial charge in [-0.05, 0) is 35.7 Å². The molecule has 0 aliphatic carbocycles. The van der Waals surface area contributed by atoms with Crippen LogP contribution in [0.5, 0.6) is 0 Å². The molecule has 21 heavy (non-hydrogen) atoms. The first-order valence-electron chi connectivity index (χ1n) is 6.52. The minimum absolute atomic E-state index is 0.142. The zero-order valence-corrected chi connectivity index (χ0v) is 13.1. The molecule has 3 rings (SSSR count). The molecule has 110 valence electrons. The Labute approximate surface area is 129 Å². The van der Waals surface area contributed by atoms with Gasteiger partial charge in [-0.2, -0.15) is 4.31 Å². The minimum atomic E-state index is -3.60. The summed E-state index contributed by atoms with van der Waals surface area (Å²) in [5, 5.41) is 0.366. The SMILES string of the molecule is Cc1c(N)cc(S(=O)(=O)N2Cc3ccccc3C2)cc1Cl. The second-order valence-corrected chi connectivity index (χ2v) is 7.51. The fourth-order valence-corrected chi connectivity index (χ4v) is 4.19. The van der Waals surface area contributed by atoms with Crippen LogP contribution in [0.3, 0.4) is 0 Å². The highest BCUT2D eigenvalue weighted by Gasteiger charge is 2.30. The molecule has 4 nitrogen and oxygen atoms in total. The number of hydrogen-bond acceptors (Lipinski definition) is 3. The quantitative estimate of drug-likeness (QED) is 0.865. The van der Waals surface area contributed by atoms with Gasteiger partial charge in [0, 0.05) is 23.8 Å². The molecule has 1 heterocycles. The van der Waals surface area contributed by atoms with Crippen LogP contribution in [0.2, 0.25) is 5.02 Å². The van der Waals surface area contributed by atoms with Crippen LogP contribution < -0.4 is 5.73 Å². The van der Waals surface area contributed by atoms with Gasteiger partial charge in [-0.15, -0.1) is 0 Å². The average molecular weight is 323 g/mol. The first kappa shape index (κ1) is 14.4. The predicted octanol–water partition coefficient (Wildman–Crippen LogP) is 2.94. The van der Waals surface area contributed by atoms with Gasteiger partial charge >= 0.3 is 0 Å². The molecule has 0 radical (unpaired) electrons. The number of nitrogens with zero attached hydrogens (tertiary/aromatic N) is 1. The number of anilines is 1. The van der Waals surface area contributed by atoms with Crippen LogP contribution in [0, 0.1) is 6.92 Å². The number of nitrogens with two attached hydrogens (primary N) is 1. The van der Waals surface area contributed by atoms with E-state index in [1.54, 1.807) is 6.92 Å². The van der Waals surface area contributed by atoms with Crippen molar-refractivity contribution in [3.05, 3.63) is 58.1 Å². The number of benzene rings is 2. The summed E-state index contributed by atoms with van der Waals surface area (Å²) in [6.07, 6.45) is 0. The Bertz CT molecular complexity index is 770. The van der Waals surface area contributed by atoms with Crippen LogP contribution >= 0.6 is 11.6 Å². The third kappa shape index (κ3) is 2.41. The van der Waals surface area contributed by atoms with Crippen LogP contribution in [-0.2, 0) is 23.1 Å². The molecule has 0 fully saturated rings. The van der Waals surface area contributed by atoms with Crippen molar-refractivity contribution in [1.82, 2.24) is 4.31 Å². The van der Waals surface area contributed by atoms with Crippen LogP contribution in [0.25, 0.3) is 0 Å². The van der Waals surface area contributed by atoms with E-state index in [-0.39, 0.29) is 4.90 Å². The number of sulfonamides is 1. The maximum absolute atomic E-state index is 12.7. The molecule has 0 spiro atoms. The number of nitrogen functional groups attached to an aromatic ring is 1. The smallest absolute Gasteiger partial charge is 0.243 e. The lowest BCUT2D eigenvalue weighted by molar-refractivity contribution is 0.431.